The van der Waals surface area contributed by atoms with E-state index in [1.165, 1.54) is 32.1 Å². The van der Waals surface area contributed by atoms with Crippen molar-refractivity contribution in [2.45, 2.75) is 45.6 Å². The van der Waals surface area contributed by atoms with Gasteiger partial charge in [-0.3, -0.25) is 0 Å². The molecule has 0 bridgehead atoms. The lowest BCUT2D eigenvalue weighted by Crippen LogP contribution is -2.18. The third-order valence-electron chi connectivity index (χ3n) is 4.80. The first-order valence-electron chi connectivity index (χ1n) is 7.66. The molecule has 1 saturated carbocycles. The minimum absolute atomic E-state index is 0.566. The average molecular weight is 343 g/mol. The molecule has 1 aromatic carbocycles. The standard InChI is InChI=1S/C16H20Cl2N2S/c1-2-10-3-5-11(6-4-10)9-20-15-8-13(18)12(17)7-14(15)19-16(20)21/h7-8,10-11H,2-6,9H2,1H3,(H,19,21). The molecule has 2 nitrogen and oxygen atoms in total. The predicted octanol–water partition coefficient (Wildman–Crippen LogP) is 6.22. The van der Waals surface area contributed by atoms with Gasteiger partial charge in [-0.2, -0.15) is 0 Å². The Morgan fingerprint density at radius 2 is 1.76 bits per heavy atom. The maximum absolute atomic E-state index is 6.16. The molecule has 0 saturated heterocycles. The van der Waals surface area contributed by atoms with E-state index in [2.05, 4.69) is 16.5 Å². The summed E-state index contributed by atoms with van der Waals surface area (Å²) in [7, 11) is 0. The predicted molar refractivity (Wildman–Crippen MR) is 92.9 cm³/mol. The van der Waals surface area contributed by atoms with Crippen LogP contribution < -0.4 is 0 Å². The Kier molecular flexibility index (Phi) is 4.63. The second kappa shape index (κ2) is 6.31. The van der Waals surface area contributed by atoms with E-state index >= 15 is 0 Å². The smallest absolute Gasteiger partial charge is 0.178 e. The van der Waals surface area contributed by atoms with Crippen molar-refractivity contribution in [3.8, 4) is 0 Å². The van der Waals surface area contributed by atoms with Crippen molar-refractivity contribution < 1.29 is 0 Å². The lowest BCUT2D eigenvalue weighted by molar-refractivity contribution is 0.248. The van der Waals surface area contributed by atoms with Crippen molar-refractivity contribution in [3.05, 3.63) is 26.9 Å². The Labute approximate surface area is 140 Å². The molecule has 114 valence electrons. The van der Waals surface area contributed by atoms with E-state index in [-0.39, 0.29) is 0 Å². The first-order chi connectivity index (χ1) is 10.1. The van der Waals surface area contributed by atoms with Crippen molar-refractivity contribution >= 4 is 46.5 Å². The van der Waals surface area contributed by atoms with Gasteiger partial charge in [0.15, 0.2) is 4.77 Å². The molecule has 1 aliphatic rings. The number of H-pyrrole nitrogens is 1. The van der Waals surface area contributed by atoms with Crippen molar-refractivity contribution in [3.63, 3.8) is 0 Å². The van der Waals surface area contributed by atoms with Crippen LogP contribution in [0.15, 0.2) is 12.1 Å². The van der Waals surface area contributed by atoms with Gasteiger partial charge < -0.3 is 9.55 Å². The number of rotatable bonds is 3. The van der Waals surface area contributed by atoms with Crippen LogP contribution in [0, 0.1) is 16.6 Å². The molecule has 0 spiro atoms. The summed E-state index contributed by atoms with van der Waals surface area (Å²) < 4.78 is 2.95. The van der Waals surface area contributed by atoms with Crippen LogP contribution in [0.4, 0.5) is 0 Å². The number of fused-ring (bicyclic) bond motifs is 1. The highest BCUT2D eigenvalue weighted by Crippen LogP contribution is 2.33. The minimum atomic E-state index is 0.566. The lowest BCUT2D eigenvalue weighted by Gasteiger charge is -2.28. The monoisotopic (exact) mass is 342 g/mol. The molecule has 21 heavy (non-hydrogen) atoms. The molecule has 0 radical (unpaired) electrons. The van der Waals surface area contributed by atoms with Gasteiger partial charge in [0.25, 0.3) is 0 Å². The molecular weight excluding hydrogens is 323 g/mol. The number of imidazole rings is 1. The van der Waals surface area contributed by atoms with Crippen LogP contribution in [-0.4, -0.2) is 9.55 Å². The van der Waals surface area contributed by atoms with E-state index in [1.807, 2.05) is 12.1 Å². The normalized spacial score (nSPS) is 22.8. The summed E-state index contributed by atoms with van der Waals surface area (Å²) in [6.07, 6.45) is 6.61. The summed E-state index contributed by atoms with van der Waals surface area (Å²) in [4.78, 5) is 3.24. The number of hydrogen-bond donors (Lipinski definition) is 1. The van der Waals surface area contributed by atoms with Gasteiger partial charge in [-0.1, -0.05) is 49.4 Å². The second-order valence-electron chi connectivity index (χ2n) is 6.12. The van der Waals surface area contributed by atoms with E-state index < -0.39 is 0 Å². The van der Waals surface area contributed by atoms with Crippen LogP contribution >= 0.6 is 35.4 Å². The van der Waals surface area contributed by atoms with Gasteiger partial charge in [0.05, 0.1) is 21.1 Å². The highest BCUT2D eigenvalue weighted by atomic mass is 35.5. The molecule has 1 N–H and O–H groups in total. The first-order valence-corrected chi connectivity index (χ1v) is 8.82. The average Bonchev–Trinajstić information content (AvgIpc) is 2.76. The highest BCUT2D eigenvalue weighted by Gasteiger charge is 2.21. The zero-order valence-electron chi connectivity index (χ0n) is 12.2. The summed E-state index contributed by atoms with van der Waals surface area (Å²) in [5.74, 6) is 1.64. The summed E-state index contributed by atoms with van der Waals surface area (Å²) >= 11 is 17.7. The molecule has 0 amide bonds. The number of benzene rings is 1. The number of nitrogens with zero attached hydrogens (tertiary/aromatic N) is 1. The molecule has 3 rings (SSSR count). The molecule has 2 aromatic rings. The Bertz CT molecular complexity index is 696. The summed E-state index contributed by atoms with van der Waals surface area (Å²) in [6, 6.07) is 3.78. The fraction of sp³-hybridized carbons (Fsp3) is 0.562. The van der Waals surface area contributed by atoms with Crippen LogP contribution in [0.1, 0.15) is 39.0 Å². The SMILES string of the molecule is CCC1CCC(Cn2c(=S)[nH]c3cc(Cl)c(Cl)cc32)CC1. The van der Waals surface area contributed by atoms with E-state index in [1.54, 1.807) is 0 Å². The zero-order chi connectivity index (χ0) is 15.0. The first kappa shape index (κ1) is 15.4. The summed E-state index contributed by atoms with van der Waals surface area (Å²) in [6.45, 7) is 3.28. The largest absolute Gasteiger partial charge is 0.331 e. The van der Waals surface area contributed by atoms with E-state index in [0.717, 1.165) is 28.3 Å². The summed E-state index contributed by atoms with van der Waals surface area (Å²) in [5.41, 5.74) is 2.03. The number of aromatic nitrogens is 2. The Balaban J connectivity index is 1.86. The molecule has 0 atom stereocenters. The van der Waals surface area contributed by atoms with Gasteiger partial charge in [-0.25, -0.2) is 0 Å². The van der Waals surface area contributed by atoms with Crippen molar-refractivity contribution in [2.75, 3.05) is 0 Å². The molecule has 1 aliphatic carbocycles. The zero-order valence-corrected chi connectivity index (χ0v) is 14.5. The van der Waals surface area contributed by atoms with Gasteiger partial charge in [0.1, 0.15) is 0 Å². The third-order valence-corrected chi connectivity index (χ3v) is 5.85. The third kappa shape index (κ3) is 3.15. The van der Waals surface area contributed by atoms with Crippen LogP contribution in [0.2, 0.25) is 10.0 Å². The molecule has 1 fully saturated rings. The van der Waals surface area contributed by atoms with Crippen LogP contribution in [0.5, 0.6) is 0 Å². The molecular formula is C16H20Cl2N2S. The van der Waals surface area contributed by atoms with Crippen LogP contribution in [0.25, 0.3) is 11.0 Å². The van der Waals surface area contributed by atoms with Crippen molar-refractivity contribution in [1.82, 2.24) is 9.55 Å². The van der Waals surface area contributed by atoms with Gasteiger partial charge in [0, 0.05) is 6.54 Å². The number of hydrogen-bond acceptors (Lipinski definition) is 1. The molecule has 1 heterocycles. The molecule has 0 unspecified atom stereocenters. The Hall–Kier alpha value is -0.510. The molecule has 1 aromatic heterocycles. The van der Waals surface area contributed by atoms with Gasteiger partial charge in [-0.15, -0.1) is 0 Å². The number of aromatic amines is 1. The number of nitrogens with one attached hydrogen (secondary N) is 1. The fourth-order valence-electron chi connectivity index (χ4n) is 3.41. The summed E-state index contributed by atoms with van der Waals surface area (Å²) in [5, 5.41) is 1.15. The lowest BCUT2D eigenvalue weighted by atomic mass is 9.81. The van der Waals surface area contributed by atoms with Gasteiger partial charge >= 0.3 is 0 Å². The topological polar surface area (TPSA) is 20.7 Å². The highest BCUT2D eigenvalue weighted by molar-refractivity contribution is 7.71. The second-order valence-corrected chi connectivity index (χ2v) is 7.32. The van der Waals surface area contributed by atoms with E-state index in [4.69, 9.17) is 35.4 Å². The molecule has 0 aliphatic heterocycles. The maximum Gasteiger partial charge on any atom is 0.178 e. The number of halogens is 2. The van der Waals surface area contributed by atoms with Crippen molar-refractivity contribution in [2.24, 2.45) is 11.8 Å². The maximum atomic E-state index is 6.16. The van der Waals surface area contributed by atoms with Gasteiger partial charge in [-0.05, 0) is 49.0 Å². The van der Waals surface area contributed by atoms with Crippen LogP contribution in [0.3, 0.4) is 0 Å². The molecule has 5 heteroatoms. The minimum Gasteiger partial charge on any atom is -0.331 e. The van der Waals surface area contributed by atoms with E-state index in [0.29, 0.717) is 16.0 Å². The Morgan fingerprint density at radius 1 is 1.14 bits per heavy atom. The van der Waals surface area contributed by atoms with Crippen molar-refractivity contribution in [1.29, 1.82) is 0 Å². The fourth-order valence-corrected chi connectivity index (χ4v) is 4.02. The Morgan fingerprint density at radius 3 is 2.43 bits per heavy atom. The van der Waals surface area contributed by atoms with E-state index in [9.17, 15) is 0 Å². The quantitative estimate of drug-likeness (QED) is 0.656. The van der Waals surface area contributed by atoms with Crippen LogP contribution in [-0.2, 0) is 6.54 Å². The van der Waals surface area contributed by atoms with Gasteiger partial charge in [0.2, 0.25) is 0 Å².